The standard InChI is InChI=1S/C9H7F6N3/c10-8(11,12)4-1-2-6(18-7(16)17)5(3-4)9(13,14)15/h1-3H,(H4,16,17,18). The van der Waals surface area contributed by atoms with E-state index in [1.165, 1.54) is 0 Å². The van der Waals surface area contributed by atoms with Crippen molar-refractivity contribution in [1.29, 1.82) is 0 Å². The second-order valence-corrected chi connectivity index (χ2v) is 3.26. The predicted molar refractivity (Wildman–Crippen MR) is 51.9 cm³/mol. The summed E-state index contributed by atoms with van der Waals surface area (Å²) in [5, 5.41) is 0. The summed E-state index contributed by atoms with van der Waals surface area (Å²) < 4.78 is 74.5. The zero-order valence-corrected chi connectivity index (χ0v) is 8.60. The van der Waals surface area contributed by atoms with Gasteiger partial charge in [-0.1, -0.05) is 0 Å². The molecule has 0 fully saturated rings. The Morgan fingerprint density at radius 1 is 0.944 bits per heavy atom. The molecule has 0 amide bonds. The molecule has 0 bridgehead atoms. The summed E-state index contributed by atoms with van der Waals surface area (Å²) in [6, 6.07) is 0.990. The Hall–Kier alpha value is -1.93. The van der Waals surface area contributed by atoms with Crippen molar-refractivity contribution in [2.24, 2.45) is 16.5 Å². The van der Waals surface area contributed by atoms with Crippen molar-refractivity contribution >= 4 is 11.6 Å². The lowest BCUT2D eigenvalue weighted by molar-refractivity contribution is -0.142. The molecule has 0 spiro atoms. The van der Waals surface area contributed by atoms with Crippen molar-refractivity contribution < 1.29 is 26.3 Å². The number of benzene rings is 1. The highest BCUT2D eigenvalue weighted by atomic mass is 19.4. The summed E-state index contributed by atoms with van der Waals surface area (Å²) in [5.41, 5.74) is 6.05. The molecule has 0 aliphatic carbocycles. The lowest BCUT2D eigenvalue weighted by Crippen LogP contribution is -2.22. The molecule has 1 aromatic carbocycles. The summed E-state index contributed by atoms with van der Waals surface area (Å²) in [6.45, 7) is 0. The van der Waals surface area contributed by atoms with Gasteiger partial charge >= 0.3 is 12.4 Å². The molecule has 0 unspecified atom stereocenters. The molecule has 0 saturated carbocycles. The van der Waals surface area contributed by atoms with Crippen LogP contribution in [0.25, 0.3) is 0 Å². The van der Waals surface area contributed by atoms with E-state index < -0.39 is 35.1 Å². The fourth-order valence-corrected chi connectivity index (χ4v) is 1.18. The summed E-state index contributed by atoms with van der Waals surface area (Å²) >= 11 is 0. The molecule has 18 heavy (non-hydrogen) atoms. The first-order valence-corrected chi connectivity index (χ1v) is 4.40. The minimum absolute atomic E-state index is 0.0399. The Balaban J connectivity index is 3.45. The van der Waals surface area contributed by atoms with E-state index in [-0.39, 0.29) is 6.07 Å². The van der Waals surface area contributed by atoms with Gasteiger partial charge in [0.15, 0.2) is 5.96 Å². The van der Waals surface area contributed by atoms with E-state index in [1.807, 2.05) is 0 Å². The SMILES string of the molecule is NC(N)=Nc1ccc(C(F)(F)F)cc1C(F)(F)F. The van der Waals surface area contributed by atoms with Crippen LogP contribution < -0.4 is 11.5 Å². The van der Waals surface area contributed by atoms with Gasteiger partial charge in [-0.2, -0.15) is 26.3 Å². The summed E-state index contributed by atoms with van der Waals surface area (Å²) in [7, 11) is 0. The molecule has 0 aliphatic rings. The molecule has 0 heterocycles. The fraction of sp³-hybridized carbons (Fsp3) is 0.222. The average Bonchev–Trinajstić information content (AvgIpc) is 2.13. The number of hydrogen-bond acceptors (Lipinski definition) is 1. The zero-order valence-electron chi connectivity index (χ0n) is 8.60. The topological polar surface area (TPSA) is 64.4 Å². The van der Waals surface area contributed by atoms with Gasteiger partial charge in [0.25, 0.3) is 0 Å². The quantitative estimate of drug-likeness (QED) is 0.468. The van der Waals surface area contributed by atoms with Gasteiger partial charge in [0, 0.05) is 0 Å². The molecule has 0 atom stereocenters. The van der Waals surface area contributed by atoms with E-state index >= 15 is 0 Å². The van der Waals surface area contributed by atoms with Crippen molar-refractivity contribution in [3.63, 3.8) is 0 Å². The Kier molecular flexibility index (Phi) is 3.45. The molecule has 9 heteroatoms. The molecule has 1 aromatic rings. The first kappa shape index (κ1) is 14.1. The van der Waals surface area contributed by atoms with Crippen molar-refractivity contribution in [3.05, 3.63) is 29.3 Å². The van der Waals surface area contributed by atoms with Gasteiger partial charge in [0.1, 0.15) is 0 Å². The Bertz CT molecular complexity index is 470. The first-order chi connectivity index (χ1) is 8.01. The van der Waals surface area contributed by atoms with Crippen LogP contribution in [0, 0.1) is 0 Å². The van der Waals surface area contributed by atoms with Crippen molar-refractivity contribution in [1.82, 2.24) is 0 Å². The van der Waals surface area contributed by atoms with E-state index in [9.17, 15) is 26.3 Å². The predicted octanol–water partition coefficient (Wildman–Crippen LogP) is 2.63. The molecule has 0 aromatic heterocycles. The highest BCUT2D eigenvalue weighted by Gasteiger charge is 2.38. The molecular weight excluding hydrogens is 264 g/mol. The number of nitrogens with zero attached hydrogens (tertiary/aromatic N) is 1. The van der Waals surface area contributed by atoms with E-state index in [2.05, 4.69) is 4.99 Å². The third-order valence-electron chi connectivity index (χ3n) is 1.88. The van der Waals surface area contributed by atoms with Crippen molar-refractivity contribution in [2.75, 3.05) is 0 Å². The number of rotatable bonds is 1. The van der Waals surface area contributed by atoms with Gasteiger partial charge < -0.3 is 11.5 Å². The van der Waals surface area contributed by atoms with Crippen LogP contribution in [0.4, 0.5) is 32.0 Å². The van der Waals surface area contributed by atoms with Crippen LogP contribution in [0.15, 0.2) is 23.2 Å². The van der Waals surface area contributed by atoms with E-state index in [0.29, 0.717) is 12.1 Å². The molecule has 4 N–H and O–H groups in total. The molecule has 0 saturated heterocycles. The van der Waals surface area contributed by atoms with Crippen LogP contribution in [0.2, 0.25) is 0 Å². The molecular formula is C9H7F6N3. The number of nitrogens with two attached hydrogens (primary N) is 2. The first-order valence-electron chi connectivity index (χ1n) is 4.40. The van der Waals surface area contributed by atoms with Gasteiger partial charge in [-0.3, -0.25) is 0 Å². The second kappa shape index (κ2) is 4.39. The van der Waals surface area contributed by atoms with Gasteiger partial charge in [0.05, 0.1) is 16.8 Å². The highest BCUT2D eigenvalue weighted by Crippen LogP contribution is 2.40. The zero-order chi connectivity index (χ0) is 14.1. The smallest absolute Gasteiger partial charge is 0.370 e. The molecule has 0 radical (unpaired) electrons. The van der Waals surface area contributed by atoms with Crippen LogP contribution in [0.5, 0.6) is 0 Å². The van der Waals surface area contributed by atoms with E-state index in [0.717, 1.165) is 0 Å². The number of hydrogen-bond donors (Lipinski definition) is 2. The molecule has 100 valence electrons. The molecule has 0 aliphatic heterocycles. The Morgan fingerprint density at radius 3 is 1.89 bits per heavy atom. The van der Waals surface area contributed by atoms with Gasteiger partial charge in [-0.15, -0.1) is 0 Å². The summed E-state index contributed by atoms with van der Waals surface area (Å²) in [6.07, 6.45) is -9.87. The van der Waals surface area contributed by atoms with E-state index in [4.69, 9.17) is 11.5 Å². The third-order valence-corrected chi connectivity index (χ3v) is 1.88. The number of alkyl halides is 6. The lowest BCUT2D eigenvalue weighted by atomic mass is 10.1. The normalized spacial score (nSPS) is 12.3. The minimum Gasteiger partial charge on any atom is -0.370 e. The van der Waals surface area contributed by atoms with E-state index in [1.54, 1.807) is 0 Å². The van der Waals surface area contributed by atoms with Crippen molar-refractivity contribution in [2.45, 2.75) is 12.4 Å². The molecule has 3 nitrogen and oxygen atoms in total. The average molecular weight is 271 g/mol. The van der Waals surface area contributed by atoms with Gasteiger partial charge in [0.2, 0.25) is 0 Å². The number of halogens is 6. The summed E-state index contributed by atoms with van der Waals surface area (Å²) in [5.74, 6) is -0.680. The minimum atomic E-state index is -4.99. The number of guanidine groups is 1. The van der Waals surface area contributed by atoms with Crippen LogP contribution in [0.1, 0.15) is 11.1 Å². The maximum absolute atomic E-state index is 12.5. The number of aliphatic imine (C=N–C) groups is 1. The maximum Gasteiger partial charge on any atom is 0.418 e. The second-order valence-electron chi connectivity index (χ2n) is 3.26. The van der Waals surface area contributed by atoms with Gasteiger partial charge in [-0.25, -0.2) is 4.99 Å². The van der Waals surface area contributed by atoms with Crippen LogP contribution in [-0.4, -0.2) is 5.96 Å². The molecule has 1 rings (SSSR count). The lowest BCUT2D eigenvalue weighted by Gasteiger charge is -2.13. The van der Waals surface area contributed by atoms with Crippen molar-refractivity contribution in [3.8, 4) is 0 Å². The fourth-order valence-electron chi connectivity index (χ4n) is 1.18. The highest BCUT2D eigenvalue weighted by molar-refractivity contribution is 5.79. The maximum atomic E-state index is 12.5. The largest absolute Gasteiger partial charge is 0.418 e. The Morgan fingerprint density at radius 2 is 1.50 bits per heavy atom. The van der Waals surface area contributed by atoms with Gasteiger partial charge in [-0.05, 0) is 18.2 Å². The van der Waals surface area contributed by atoms with Crippen LogP contribution >= 0.6 is 0 Å². The van der Waals surface area contributed by atoms with Crippen LogP contribution in [0.3, 0.4) is 0 Å². The van der Waals surface area contributed by atoms with Crippen LogP contribution in [-0.2, 0) is 12.4 Å². The summed E-state index contributed by atoms with van der Waals surface area (Å²) in [4.78, 5) is 3.13. The Labute approximate surface area is 97.1 Å². The third kappa shape index (κ3) is 3.28. The monoisotopic (exact) mass is 271 g/mol.